The van der Waals surface area contributed by atoms with E-state index in [-0.39, 0.29) is 11.5 Å². The Morgan fingerprint density at radius 3 is 2.65 bits per heavy atom. The van der Waals surface area contributed by atoms with Gasteiger partial charge < -0.3 is 9.80 Å². The van der Waals surface area contributed by atoms with Crippen LogP contribution >= 0.6 is 0 Å². The fourth-order valence-corrected chi connectivity index (χ4v) is 2.61. The van der Waals surface area contributed by atoms with Crippen LogP contribution in [0, 0.1) is 17.1 Å². The average molecular weight is 311 g/mol. The Kier molecular flexibility index (Phi) is 4.15. The van der Waals surface area contributed by atoms with E-state index in [1.165, 1.54) is 24.7 Å². The summed E-state index contributed by atoms with van der Waals surface area (Å²) in [7, 11) is 0. The first-order valence-corrected chi connectivity index (χ1v) is 7.19. The minimum atomic E-state index is -0.525. The lowest BCUT2D eigenvalue weighted by Crippen LogP contribution is -2.49. The number of halogens is 1. The number of nitriles is 1. The van der Waals surface area contributed by atoms with Gasteiger partial charge in [0, 0.05) is 38.6 Å². The number of hydrogen-bond acceptors (Lipinski definition) is 5. The summed E-state index contributed by atoms with van der Waals surface area (Å²) >= 11 is 0. The quantitative estimate of drug-likeness (QED) is 0.839. The van der Waals surface area contributed by atoms with E-state index in [4.69, 9.17) is 5.26 Å². The van der Waals surface area contributed by atoms with Crippen LogP contribution in [0.15, 0.2) is 36.8 Å². The fraction of sp³-hybridized carbons (Fsp3) is 0.250. The second-order valence-corrected chi connectivity index (χ2v) is 5.12. The molecule has 0 N–H and O–H groups in total. The molecule has 1 aromatic carbocycles. The van der Waals surface area contributed by atoms with Gasteiger partial charge in [0.05, 0.1) is 11.9 Å². The van der Waals surface area contributed by atoms with Gasteiger partial charge in [-0.3, -0.25) is 9.78 Å². The van der Waals surface area contributed by atoms with Gasteiger partial charge in [0.15, 0.2) is 0 Å². The molecule has 2 heterocycles. The first kappa shape index (κ1) is 14.9. The van der Waals surface area contributed by atoms with Gasteiger partial charge in [-0.15, -0.1) is 0 Å². The Hall–Kier alpha value is -3.01. The normalized spacial score (nSPS) is 14.4. The Balaban J connectivity index is 1.71. The lowest BCUT2D eigenvalue weighted by atomic mass is 10.1. The fourth-order valence-electron chi connectivity index (χ4n) is 2.61. The van der Waals surface area contributed by atoms with Crippen molar-refractivity contribution in [2.45, 2.75) is 0 Å². The van der Waals surface area contributed by atoms with Crippen LogP contribution in [0.1, 0.15) is 16.1 Å². The molecule has 0 atom stereocenters. The molecule has 0 unspecified atom stereocenters. The van der Waals surface area contributed by atoms with Crippen LogP contribution in [0.3, 0.4) is 0 Å². The zero-order chi connectivity index (χ0) is 16.2. The number of carbonyl (C=O) groups excluding carboxylic acids is 1. The molecule has 1 aliphatic heterocycles. The van der Waals surface area contributed by atoms with Gasteiger partial charge >= 0.3 is 0 Å². The van der Waals surface area contributed by atoms with E-state index in [0.717, 1.165) is 0 Å². The van der Waals surface area contributed by atoms with Crippen LogP contribution < -0.4 is 4.90 Å². The lowest BCUT2D eigenvalue weighted by molar-refractivity contribution is 0.0740. The molecule has 7 heteroatoms. The van der Waals surface area contributed by atoms with Gasteiger partial charge in [-0.05, 0) is 12.1 Å². The molecule has 0 radical (unpaired) electrons. The maximum absolute atomic E-state index is 13.7. The van der Waals surface area contributed by atoms with Crippen molar-refractivity contribution in [3.63, 3.8) is 0 Å². The molecule has 3 rings (SSSR count). The van der Waals surface area contributed by atoms with E-state index >= 15 is 0 Å². The van der Waals surface area contributed by atoms with Gasteiger partial charge in [-0.2, -0.15) is 5.26 Å². The van der Waals surface area contributed by atoms with E-state index in [0.29, 0.717) is 37.6 Å². The van der Waals surface area contributed by atoms with Crippen molar-refractivity contribution in [3.05, 3.63) is 53.9 Å². The lowest BCUT2D eigenvalue weighted by Gasteiger charge is -2.36. The van der Waals surface area contributed by atoms with Gasteiger partial charge in [0.1, 0.15) is 23.1 Å². The van der Waals surface area contributed by atoms with Gasteiger partial charge in [0.25, 0.3) is 5.91 Å². The predicted octanol–water partition coefficient (Wildman–Crippen LogP) is 1.45. The number of anilines is 1. The monoisotopic (exact) mass is 311 g/mol. The Morgan fingerprint density at radius 2 is 2.00 bits per heavy atom. The Bertz CT molecular complexity index is 751. The Labute approximate surface area is 132 Å². The number of amides is 1. The zero-order valence-corrected chi connectivity index (χ0v) is 12.3. The summed E-state index contributed by atoms with van der Waals surface area (Å²) in [6.07, 6.45) is 4.44. The molecule has 116 valence electrons. The average Bonchev–Trinajstić information content (AvgIpc) is 2.62. The molecule has 0 spiro atoms. The summed E-state index contributed by atoms with van der Waals surface area (Å²) in [5.74, 6) is -0.694. The summed E-state index contributed by atoms with van der Waals surface area (Å²) in [4.78, 5) is 23.8. The molecule has 1 fully saturated rings. The van der Waals surface area contributed by atoms with Crippen LogP contribution in [0.5, 0.6) is 0 Å². The van der Waals surface area contributed by atoms with E-state index in [9.17, 15) is 9.18 Å². The highest BCUT2D eigenvalue weighted by Crippen LogP contribution is 2.23. The van der Waals surface area contributed by atoms with E-state index < -0.39 is 5.82 Å². The molecule has 6 nitrogen and oxygen atoms in total. The second-order valence-electron chi connectivity index (χ2n) is 5.12. The third-order valence-electron chi connectivity index (χ3n) is 3.79. The largest absolute Gasteiger partial charge is 0.367 e. The summed E-state index contributed by atoms with van der Waals surface area (Å²) < 4.78 is 13.7. The van der Waals surface area contributed by atoms with Crippen molar-refractivity contribution in [3.8, 4) is 6.07 Å². The molecule has 1 aromatic heterocycles. The smallest absolute Gasteiger partial charge is 0.274 e. The maximum Gasteiger partial charge on any atom is 0.274 e. The van der Waals surface area contributed by atoms with E-state index in [1.807, 2.05) is 11.0 Å². The molecule has 0 saturated carbocycles. The highest BCUT2D eigenvalue weighted by atomic mass is 19.1. The van der Waals surface area contributed by atoms with Crippen LogP contribution in [-0.4, -0.2) is 47.0 Å². The number of hydrogen-bond donors (Lipinski definition) is 0. The number of aromatic nitrogens is 2. The number of carbonyl (C=O) groups is 1. The predicted molar refractivity (Wildman–Crippen MR) is 81.3 cm³/mol. The number of rotatable bonds is 2. The molecule has 1 amide bonds. The van der Waals surface area contributed by atoms with Crippen LogP contribution in [0.2, 0.25) is 0 Å². The SMILES string of the molecule is N#Cc1c(F)cccc1N1CCN(C(=O)c2cnccn2)CC1. The molecule has 1 saturated heterocycles. The number of benzene rings is 1. The first-order chi connectivity index (χ1) is 11.2. The molecule has 1 aliphatic rings. The van der Waals surface area contributed by atoms with Crippen LogP contribution in [-0.2, 0) is 0 Å². The van der Waals surface area contributed by atoms with Crippen molar-refractivity contribution in [2.75, 3.05) is 31.1 Å². The molecule has 0 bridgehead atoms. The summed E-state index contributed by atoms with van der Waals surface area (Å²) in [5, 5.41) is 9.12. The molecular formula is C16H14FN5O. The van der Waals surface area contributed by atoms with E-state index in [2.05, 4.69) is 9.97 Å². The molecule has 23 heavy (non-hydrogen) atoms. The first-order valence-electron chi connectivity index (χ1n) is 7.19. The van der Waals surface area contributed by atoms with E-state index in [1.54, 1.807) is 17.0 Å². The number of nitrogens with zero attached hydrogens (tertiary/aromatic N) is 5. The highest BCUT2D eigenvalue weighted by Gasteiger charge is 2.24. The minimum absolute atomic E-state index is 0.0428. The van der Waals surface area contributed by atoms with Crippen LogP contribution in [0.4, 0.5) is 10.1 Å². The van der Waals surface area contributed by atoms with Gasteiger partial charge in [0.2, 0.25) is 0 Å². The summed E-state index contributed by atoms with van der Waals surface area (Å²) in [6, 6.07) is 6.49. The second kappa shape index (κ2) is 6.40. The Morgan fingerprint density at radius 1 is 1.22 bits per heavy atom. The van der Waals surface area contributed by atoms with Gasteiger partial charge in [-0.25, -0.2) is 9.37 Å². The molecule has 0 aliphatic carbocycles. The third kappa shape index (κ3) is 2.97. The van der Waals surface area contributed by atoms with Crippen molar-refractivity contribution in [2.24, 2.45) is 0 Å². The standard InChI is InChI=1S/C16H14FN5O/c17-13-2-1-3-15(12(13)10-18)21-6-8-22(9-7-21)16(23)14-11-19-4-5-20-14/h1-5,11H,6-9H2. The van der Waals surface area contributed by atoms with Crippen LogP contribution in [0.25, 0.3) is 0 Å². The van der Waals surface area contributed by atoms with Crippen molar-refractivity contribution in [1.29, 1.82) is 5.26 Å². The van der Waals surface area contributed by atoms with Gasteiger partial charge in [-0.1, -0.05) is 6.07 Å². The topological polar surface area (TPSA) is 73.1 Å². The van der Waals surface area contributed by atoms with Crippen molar-refractivity contribution >= 4 is 11.6 Å². The molecule has 2 aromatic rings. The van der Waals surface area contributed by atoms with Crippen molar-refractivity contribution < 1.29 is 9.18 Å². The minimum Gasteiger partial charge on any atom is -0.367 e. The number of piperazine rings is 1. The maximum atomic E-state index is 13.7. The molecular weight excluding hydrogens is 297 g/mol. The summed E-state index contributed by atoms with van der Waals surface area (Å²) in [5.41, 5.74) is 0.921. The van der Waals surface area contributed by atoms with Crippen molar-refractivity contribution in [1.82, 2.24) is 14.9 Å². The zero-order valence-electron chi connectivity index (χ0n) is 12.3. The third-order valence-corrected chi connectivity index (χ3v) is 3.79. The highest BCUT2D eigenvalue weighted by molar-refractivity contribution is 5.92. The summed E-state index contributed by atoms with van der Waals surface area (Å²) in [6.45, 7) is 2.03.